The van der Waals surface area contributed by atoms with Gasteiger partial charge < -0.3 is 9.84 Å². The molecule has 2 atom stereocenters. The third-order valence-corrected chi connectivity index (χ3v) is 9.66. The standard InChI is InChI=1S/C31H48F2O2/c1-3-5-6-8-22-9-12-24(13-10-22)25-17-19-31(34,20-18-25)27-15-16-28(30(33)29(27)32)35-26-14-11-23(21-26)7-4-2/h15-16,22-26,34H,3-14,17-21H2,1-2H3. The molecule has 3 saturated carbocycles. The van der Waals surface area contributed by atoms with Crippen molar-refractivity contribution in [2.75, 3.05) is 0 Å². The van der Waals surface area contributed by atoms with Crippen LogP contribution in [0.3, 0.4) is 0 Å². The van der Waals surface area contributed by atoms with Gasteiger partial charge in [0, 0.05) is 5.56 Å². The molecule has 35 heavy (non-hydrogen) atoms. The van der Waals surface area contributed by atoms with Crippen molar-refractivity contribution in [3.63, 3.8) is 0 Å². The molecule has 1 N–H and O–H groups in total. The summed E-state index contributed by atoms with van der Waals surface area (Å²) in [6, 6.07) is 3.12. The lowest BCUT2D eigenvalue weighted by Gasteiger charge is -2.41. The van der Waals surface area contributed by atoms with E-state index in [4.69, 9.17) is 4.74 Å². The summed E-state index contributed by atoms with van der Waals surface area (Å²) < 4.78 is 36.0. The highest BCUT2D eigenvalue weighted by molar-refractivity contribution is 5.35. The number of benzene rings is 1. The van der Waals surface area contributed by atoms with E-state index in [1.807, 2.05) is 0 Å². The minimum absolute atomic E-state index is 0.00128. The van der Waals surface area contributed by atoms with E-state index in [1.165, 1.54) is 57.8 Å². The van der Waals surface area contributed by atoms with E-state index in [2.05, 4.69) is 13.8 Å². The monoisotopic (exact) mass is 490 g/mol. The van der Waals surface area contributed by atoms with Gasteiger partial charge in [-0.25, -0.2) is 4.39 Å². The van der Waals surface area contributed by atoms with Crippen molar-refractivity contribution in [1.82, 2.24) is 0 Å². The van der Waals surface area contributed by atoms with Gasteiger partial charge in [-0.2, -0.15) is 4.39 Å². The predicted molar refractivity (Wildman–Crippen MR) is 138 cm³/mol. The van der Waals surface area contributed by atoms with Crippen molar-refractivity contribution in [1.29, 1.82) is 0 Å². The highest BCUT2D eigenvalue weighted by atomic mass is 19.2. The lowest BCUT2D eigenvalue weighted by Crippen LogP contribution is -2.35. The van der Waals surface area contributed by atoms with Gasteiger partial charge in [0.15, 0.2) is 11.6 Å². The Balaban J connectivity index is 1.30. The first-order valence-corrected chi connectivity index (χ1v) is 14.8. The molecule has 1 aromatic carbocycles. The molecule has 0 aromatic heterocycles. The fourth-order valence-corrected chi connectivity index (χ4v) is 7.46. The highest BCUT2D eigenvalue weighted by Crippen LogP contribution is 2.47. The summed E-state index contributed by atoms with van der Waals surface area (Å²) >= 11 is 0. The van der Waals surface area contributed by atoms with E-state index in [0.29, 0.717) is 24.7 Å². The van der Waals surface area contributed by atoms with Crippen LogP contribution in [0.25, 0.3) is 0 Å². The van der Waals surface area contributed by atoms with Crippen molar-refractivity contribution in [3.05, 3.63) is 29.3 Å². The van der Waals surface area contributed by atoms with Crippen LogP contribution in [0.2, 0.25) is 0 Å². The van der Waals surface area contributed by atoms with E-state index in [0.717, 1.165) is 50.4 Å². The minimum atomic E-state index is -1.27. The zero-order valence-corrected chi connectivity index (χ0v) is 22.2. The number of aliphatic hydroxyl groups is 1. The molecule has 0 spiro atoms. The van der Waals surface area contributed by atoms with Gasteiger partial charge in [-0.15, -0.1) is 0 Å². The van der Waals surface area contributed by atoms with Gasteiger partial charge in [0.2, 0.25) is 5.82 Å². The number of halogens is 2. The molecule has 3 aliphatic rings. The zero-order valence-electron chi connectivity index (χ0n) is 22.2. The smallest absolute Gasteiger partial charge is 0.201 e. The average Bonchev–Trinajstić information content (AvgIpc) is 3.30. The van der Waals surface area contributed by atoms with Crippen molar-refractivity contribution < 1.29 is 18.6 Å². The molecular formula is C31H48F2O2. The van der Waals surface area contributed by atoms with Crippen molar-refractivity contribution in [2.45, 2.75) is 135 Å². The number of unbranched alkanes of at least 4 members (excludes halogenated alkanes) is 2. The predicted octanol–water partition coefficient (Wildman–Crippen LogP) is 9.08. The summed E-state index contributed by atoms with van der Waals surface area (Å²) in [7, 11) is 0. The molecule has 3 aliphatic carbocycles. The number of rotatable bonds is 10. The number of ether oxygens (including phenoxy) is 1. The van der Waals surface area contributed by atoms with Crippen LogP contribution in [0.4, 0.5) is 8.78 Å². The van der Waals surface area contributed by atoms with Crippen LogP contribution in [-0.2, 0) is 5.60 Å². The second-order valence-corrected chi connectivity index (χ2v) is 12.1. The van der Waals surface area contributed by atoms with Gasteiger partial charge in [0.05, 0.1) is 11.7 Å². The molecule has 3 fully saturated rings. The highest BCUT2D eigenvalue weighted by Gasteiger charge is 2.40. The van der Waals surface area contributed by atoms with Gasteiger partial charge in [0.25, 0.3) is 0 Å². The molecule has 0 amide bonds. The molecule has 2 nitrogen and oxygen atoms in total. The van der Waals surface area contributed by atoms with Gasteiger partial charge in [-0.05, 0) is 93.6 Å². The largest absolute Gasteiger partial charge is 0.487 e. The molecular weight excluding hydrogens is 442 g/mol. The average molecular weight is 491 g/mol. The summed E-state index contributed by atoms with van der Waals surface area (Å²) in [5.41, 5.74) is -1.15. The fourth-order valence-electron chi connectivity index (χ4n) is 7.46. The van der Waals surface area contributed by atoms with Crippen LogP contribution in [0.5, 0.6) is 5.75 Å². The molecule has 0 radical (unpaired) electrons. The van der Waals surface area contributed by atoms with Crippen molar-refractivity contribution >= 4 is 0 Å². The molecule has 2 unspecified atom stereocenters. The van der Waals surface area contributed by atoms with Crippen molar-refractivity contribution in [2.24, 2.45) is 23.7 Å². The Labute approximate surface area is 212 Å². The molecule has 1 aromatic rings. The van der Waals surface area contributed by atoms with Gasteiger partial charge >= 0.3 is 0 Å². The maximum absolute atomic E-state index is 15.2. The Morgan fingerprint density at radius 1 is 0.800 bits per heavy atom. The maximum Gasteiger partial charge on any atom is 0.201 e. The van der Waals surface area contributed by atoms with Crippen LogP contribution in [-0.4, -0.2) is 11.2 Å². The van der Waals surface area contributed by atoms with E-state index in [-0.39, 0.29) is 17.4 Å². The zero-order chi connectivity index (χ0) is 24.8. The van der Waals surface area contributed by atoms with E-state index >= 15 is 4.39 Å². The first-order valence-electron chi connectivity index (χ1n) is 14.8. The van der Waals surface area contributed by atoms with E-state index < -0.39 is 17.2 Å². The second kappa shape index (κ2) is 12.4. The SMILES string of the molecule is CCCCCC1CCC(C2CCC(O)(c3ccc(OC4CCC(CCC)C4)c(F)c3F)CC2)CC1. The third kappa shape index (κ3) is 6.59. The normalized spacial score (nSPS) is 33.7. The molecule has 4 heteroatoms. The number of hydrogen-bond donors (Lipinski definition) is 1. The van der Waals surface area contributed by atoms with Crippen LogP contribution in [0, 0.1) is 35.3 Å². The Bertz CT molecular complexity index is 793. The topological polar surface area (TPSA) is 29.5 Å². The van der Waals surface area contributed by atoms with Crippen LogP contribution < -0.4 is 4.74 Å². The molecule has 0 heterocycles. The fraction of sp³-hybridized carbons (Fsp3) is 0.806. The molecule has 0 saturated heterocycles. The molecule has 4 rings (SSSR count). The van der Waals surface area contributed by atoms with Crippen LogP contribution in [0.1, 0.15) is 129 Å². The van der Waals surface area contributed by atoms with Crippen molar-refractivity contribution in [3.8, 4) is 5.75 Å². The quantitative estimate of drug-likeness (QED) is 0.331. The summed E-state index contributed by atoms with van der Waals surface area (Å²) in [6.07, 6.45) is 18.7. The summed E-state index contributed by atoms with van der Waals surface area (Å²) in [5.74, 6) is 1.03. The minimum Gasteiger partial charge on any atom is -0.487 e. The first-order chi connectivity index (χ1) is 16.9. The molecule has 198 valence electrons. The third-order valence-electron chi connectivity index (χ3n) is 9.66. The Kier molecular flexibility index (Phi) is 9.52. The molecule has 0 aliphatic heterocycles. The lowest BCUT2D eigenvalue weighted by atomic mass is 9.66. The first kappa shape index (κ1) is 26.9. The summed E-state index contributed by atoms with van der Waals surface area (Å²) in [4.78, 5) is 0. The van der Waals surface area contributed by atoms with E-state index in [1.54, 1.807) is 12.1 Å². The second-order valence-electron chi connectivity index (χ2n) is 12.1. The lowest BCUT2D eigenvalue weighted by molar-refractivity contribution is -0.0291. The summed E-state index contributed by atoms with van der Waals surface area (Å²) in [6.45, 7) is 4.45. The Morgan fingerprint density at radius 3 is 2.17 bits per heavy atom. The number of hydrogen-bond acceptors (Lipinski definition) is 2. The maximum atomic E-state index is 15.2. The van der Waals surface area contributed by atoms with Gasteiger partial charge in [0.1, 0.15) is 0 Å². The molecule has 0 bridgehead atoms. The van der Waals surface area contributed by atoms with Crippen LogP contribution >= 0.6 is 0 Å². The van der Waals surface area contributed by atoms with Gasteiger partial charge in [-0.3, -0.25) is 0 Å². The Hall–Kier alpha value is -1.16. The van der Waals surface area contributed by atoms with Crippen LogP contribution in [0.15, 0.2) is 12.1 Å². The Morgan fingerprint density at radius 2 is 1.49 bits per heavy atom. The van der Waals surface area contributed by atoms with Gasteiger partial charge in [-0.1, -0.05) is 65.2 Å². The summed E-state index contributed by atoms with van der Waals surface area (Å²) in [5, 5.41) is 11.3. The van der Waals surface area contributed by atoms with E-state index in [9.17, 15) is 9.50 Å².